The summed E-state index contributed by atoms with van der Waals surface area (Å²) >= 11 is 1.79. The first-order valence-electron chi connectivity index (χ1n) is 9.53. The highest BCUT2D eigenvalue weighted by Gasteiger charge is 2.31. The molecule has 0 saturated carbocycles. The number of hydrogen-bond donors (Lipinski definition) is 1. The Hall–Kier alpha value is -3.44. The van der Waals surface area contributed by atoms with Gasteiger partial charge < -0.3 is 9.82 Å². The van der Waals surface area contributed by atoms with Gasteiger partial charge in [0, 0.05) is 49.3 Å². The van der Waals surface area contributed by atoms with Crippen molar-refractivity contribution in [2.45, 2.75) is 12.3 Å². The van der Waals surface area contributed by atoms with Crippen molar-refractivity contribution in [3.8, 4) is 0 Å². The Morgan fingerprint density at radius 3 is 2.66 bits per heavy atom. The highest BCUT2D eigenvalue weighted by molar-refractivity contribution is 7.25. The van der Waals surface area contributed by atoms with E-state index in [-0.39, 0.29) is 11.9 Å². The molecular formula is C24H16N2O2S. The van der Waals surface area contributed by atoms with Crippen LogP contribution < -0.4 is 0 Å². The molecule has 3 aromatic carbocycles. The van der Waals surface area contributed by atoms with Crippen molar-refractivity contribution in [2.24, 2.45) is 5.16 Å². The number of carbonyl (C=O) groups is 1. The van der Waals surface area contributed by atoms with E-state index >= 15 is 0 Å². The first kappa shape index (κ1) is 16.5. The number of para-hydroxylation sites is 1. The van der Waals surface area contributed by atoms with Crippen LogP contribution in [0.5, 0.6) is 0 Å². The standard InChI is InChI=1S/C24H16N2O2S/c27-24-18(19-13-25-20-7-3-1-5-15(19)20)12-21(26-28-24)14-9-10-23-17(11-14)16-6-2-4-8-22(16)29-23/h1-11,13,18,25H,12H2. The minimum absolute atomic E-state index is 0.305. The molecule has 1 unspecified atom stereocenters. The number of hydrogen-bond acceptors (Lipinski definition) is 4. The van der Waals surface area contributed by atoms with Crippen LogP contribution >= 0.6 is 11.3 Å². The summed E-state index contributed by atoms with van der Waals surface area (Å²) in [4.78, 5) is 21.0. The summed E-state index contributed by atoms with van der Waals surface area (Å²) in [5.74, 6) is -0.672. The van der Waals surface area contributed by atoms with Crippen LogP contribution in [-0.2, 0) is 9.63 Å². The Bertz CT molecular complexity index is 1440. The lowest BCUT2D eigenvalue weighted by atomic mass is 9.90. The Morgan fingerprint density at radius 2 is 1.72 bits per heavy atom. The maximum absolute atomic E-state index is 12.5. The SMILES string of the molecule is O=C1ON=C(c2ccc3sc4ccccc4c3c2)CC1c1c[nH]c2ccccc12. The maximum atomic E-state index is 12.5. The van der Waals surface area contributed by atoms with E-state index < -0.39 is 0 Å². The fourth-order valence-electron chi connectivity index (χ4n) is 4.17. The molecule has 4 nitrogen and oxygen atoms in total. The largest absolute Gasteiger partial charge is 0.361 e. The predicted molar refractivity (Wildman–Crippen MR) is 118 cm³/mol. The highest BCUT2D eigenvalue weighted by atomic mass is 32.1. The van der Waals surface area contributed by atoms with Gasteiger partial charge in [0.15, 0.2) is 0 Å². The number of benzene rings is 3. The number of carbonyl (C=O) groups excluding carboxylic acids is 1. The molecule has 0 amide bonds. The molecule has 0 saturated heterocycles. The summed E-state index contributed by atoms with van der Waals surface area (Å²) in [7, 11) is 0. The molecule has 3 heterocycles. The van der Waals surface area contributed by atoms with Crippen LogP contribution in [0.1, 0.15) is 23.5 Å². The normalized spacial score (nSPS) is 17.0. The summed E-state index contributed by atoms with van der Waals surface area (Å²) in [6.45, 7) is 0. The molecule has 1 atom stereocenters. The second-order valence-electron chi connectivity index (χ2n) is 7.30. The third-order valence-corrected chi connectivity index (χ3v) is 6.79. The van der Waals surface area contributed by atoms with Gasteiger partial charge >= 0.3 is 5.97 Å². The molecule has 5 aromatic rings. The number of thiophene rings is 1. The van der Waals surface area contributed by atoms with Crippen molar-refractivity contribution < 1.29 is 9.63 Å². The quantitative estimate of drug-likeness (QED) is 0.374. The minimum Gasteiger partial charge on any atom is -0.361 e. The van der Waals surface area contributed by atoms with Gasteiger partial charge in [-0.3, -0.25) is 0 Å². The van der Waals surface area contributed by atoms with Gasteiger partial charge in [-0.15, -0.1) is 11.3 Å². The summed E-state index contributed by atoms with van der Waals surface area (Å²) in [6.07, 6.45) is 2.43. The van der Waals surface area contributed by atoms with Gasteiger partial charge in [-0.25, -0.2) is 4.79 Å². The molecule has 0 aliphatic carbocycles. The zero-order chi connectivity index (χ0) is 19.4. The Kier molecular flexibility index (Phi) is 3.58. The Balaban J connectivity index is 1.43. The van der Waals surface area contributed by atoms with Crippen molar-refractivity contribution in [1.82, 2.24) is 4.98 Å². The number of aromatic amines is 1. The first-order valence-corrected chi connectivity index (χ1v) is 10.3. The van der Waals surface area contributed by atoms with Crippen LogP contribution in [0, 0.1) is 0 Å². The third kappa shape index (κ3) is 2.58. The van der Waals surface area contributed by atoms with E-state index in [0.29, 0.717) is 6.42 Å². The highest BCUT2D eigenvalue weighted by Crippen LogP contribution is 2.36. The van der Waals surface area contributed by atoms with Gasteiger partial charge in [0.1, 0.15) is 0 Å². The average molecular weight is 396 g/mol. The van der Waals surface area contributed by atoms with Gasteiger partial charge in [-0.2, -0.15) is 0 Å². The third-order valence-electron chi connectivity index (χ3n) is 5.63. The van der Waals surface area contributed by atoms with Crippen LogP contribution in [0.3, 0.4) is 0 Å². The van der Waals surface area contributed by atoms with Gasteiger partial charge in [0.2, 0.25) is 0 Å². The zero-order valence-corrected chi connectivity index (χ0v) is 16.2. The number of aromatic nitrogens is 1. The van der Waals surface area contributed by atoms with E-state index in [1.165, 1.54) is 20.2 Å². The van der Waals surface area contributed by atoms with Crippen molar-refractivity contribution >= 4 is 54.1 Å². The van der Waals surface area contributed by atoms with Crippen LogP contribution in [0.4, 0.5) is 0 Å². The van der Waals surface area contributed by atoms with Crippen molar-refractivity contribution in [2.75, 3.05) is 0 Å². The fourth-order valence-corrected chi connectivity index (χ4v) is 5.26. The van der Waals surface area contributed by atoms with Crippen LogP contribution in [0.2, 0.25) is 0 Å². The van der Waals surface area contributed by atoms with E-state index in [4.69, 9.17) is 4.84 Å². The van der Waals surface area contributed by atoms with Crippen LogP contribution in [0.15, 0.2) is 78.1 Å². The molecule has 0 radical (unpaired) electrons. The van der Waals surface area contributed by atoms with E-state index in [1.807, 2.05) is 30.5 Å². The van der Waals surface area contributed by atoms with Gasteiger partial charge in [-0.1, -0.05) is 47.6 Å². The molecule has 2 aromatic heterocycles. The van der Waals surface area contributed by atoms with E-state index in [2.05, 4.69) is 52.6 Å². The van der Waals surface area contributed by atoms with Crippen LogP contribution in [0.25, 0.3) is 31.1 Å². The number of nitrogens with one attached hydrogen (secondary N) is 1. The van der Waals surface area contributed by atoms with Crippen molar-refractivity contribution in [3.63, 3.8) is 0 Å². The molecule has 1 aliphatic heterocycles. The molecule has 0 spiro atoms. The second-order valence-corrected chi connectivity index (χ2v) is 8.39. The Morgan fingerprint density at radius 1 is 0.931 bits per heavy atom. The van der Waals surface area contributed by atoms with Crippen molar-refractivity contribution in [3.05, 3.63) is 84.1 Å². The molecule has 140 valence electrons. The number of H-pyrrole nitrogens is 1. The summed E-state index contributed by atoms with van der Waals surface area (Å²) in [5, 5.41) is 7.66. The molecule has 5 heteroatoms. The number of oxime groups is 1. The molecule has 29 heavy (non-hydrogen) atoms. The second kappa shape index (κ2) is 6.29. The van der Waals surface area contributed by atoms with E-state index in [1.54, 1.807) is 11.3 Å². The van der Waals surface area contributed by atoms with Crippen LogP contribution in [-0.4, -0.2) is 16.7 Å². The number of rotatable bonds is 2. The number of fused-ring (bicyclic) bond motifs is 4. The lowest BCUT2D eigenvalue weighted by Crippen LogP contribution is -2.23. The fraction of sp³-hybridized carbons (Fsp3) is 0.0833. The lowest BCUT2D eigenvalue weighted by Gasteiger charge is -2.19. The van der Waals surface area contributed by atoms with E-state index in [0.717, 1.165) is 27.7 Å². The van der Waals surface area contributed by atoms with Gasteiger partial charge in [0.25, 0.3) is 0 Å². The summed E-state index contributed by atoms with van der Waals surface area (Å²) in [6, 6.07) is 22.8. The lowest BCUT2D eigenvalue weighted by molar-refractivity contribution is -0.146. The summed E-state index contributed by atoms with van der Waals surface area (Å²) in [5.41, 5.74) is 3.78. The topological polar surface area (TPSA) is 54.4 Å². The Labute approximate surface area is 170 Å². The number of nitrogens with zero attached hydrogens (tertiary/aromatic N) is 1. The molecule has 1 N–H and O–H groups in total. The van der Waals surface area contributed by atoms with Gasteiger partial charge in [0.05, 0.1) is 11.6 Å². The zero-order valence-electron chi connectivity index (χ0n) is 15.4. The summed E-state index contributed by atoms with van der Waals surface area (Å²) < 4.78 is 2.52. The molecule has 1 aliphatic rings. The minimum atomic E-state index is -0.367. The predicted octanol–water partition coefficient (Wildman–Crippen LogP) is 5.97. The maximum Gasteiger partial charge on any atom is 0.342 e. The van der Waals surface area contributed by atoms with E-state index in [9.17, 15) is 4.79 Å². The molecular weight excluding hydrogens is 380 g/mol. The first-order chi connectivity index (χ1) is 14.3. The van der Waals surface area contributed by atoms with Crippen molar-refractivity contribution in [1.29, 1.82) is 0 Å². The monoisotopic (exact) mass is 396 g/mol. The average Bonchev–Trinajstić information content (AvgIpc) is 3.35. The van der Waals surface area contributed by atoms with Gasteiger partial charge in [-0.05, 0) is 29.8 Å². The molecule has 6 rings (SSSR count). The molecule has 0 fully saturated rings. The molecule has 0 bridgehead atoms. The smallest absolute Gasteiger partial charge is 0.342 e.